The van der Waals surface area contributed by atoms with Gasteiger partial charge in [0, 0.05) is 27.5 Å². The maximum atomic E-state index is 11.6. The summed E-state index contributed by atoms with van der Waals surface area (Å²) in [6.07, 6.45) is -0.214. The average molecular weight is 353 g/mol. The predicted octanol–water partition coefficient (Wildman–Crippen LogP) is 1.79. The molecule has 1 aliphatic heterocycles. The van der Waals surface area contributed by atoms with Crippen LogP contribution in [0.3, 0.4) is 0 Å². The molecule has 1 aromatic heterocycles. The van der Waals surface area contributed by atoms with Gasteiger partial charge in [-0.1, -0.05) is 15.9 Å². The van der Waals surface area contributed by atoms with Gasteiger partial charge in [-0.25, -0.2) is 4.79 Å². The molecule has 4 N–H and O–H groups in total. The number of carboxylic acid groups (broad SMARTS) is 1. The molecule has 2 heterocycles. The highest BCUT2D eigenvalue weighted by atomic mass is 79.9. The van der Waals surface area contributed by atoms with E-state index in [0.29, 0.717) is 6.54 Å². The van der Waals surface area contributed by atoms with Gasteiger partial charge in [0.2, 0.25) is 0 Å². The number of aromatic nitrogens is 1. The fourth-order valence-corrected chi connectivity index (χ4v) is 3.36. The lowest BCUT2D eigenvalue weighted by molar-refractivity contribution is 0.0688. The smallest absolute Gasteiger partial charge is 0.352 e. The second-order valence-corrected chi connectivity index (χ2v) is 6.36. The first kappa shape index (κ1) is 14.5. The van der Waals surface area contributed by atoms with E-state index in [1.165, 1.54) is 0 Å². The molecule has 0 spiro atoms. The Morgan fingerprint density at radius 3 is 2.76 bits per heavy atom. The molecule has 3 rings (SSSR count). The molecular weight excluding hydrogens is 336 g/mol. The number of rotatable bonds is 2. The zero-order valence-electron chi connectivity index (χ0n) is 11.8. The van der Waals surface area contributed by atoms with Crippen LogP contribution >= 0.6 is 15.9 Å². The molecule has 0 radical (unpaired) electrons. The Labute approximate surface area is 130 Å². The van der Waals surface area contributed by atoms with Crippen molar-refractivity contribution in [2.75, 3.05) is 20.6 Å². The van der Waals surface area contributed by atoms with Gasteiger partial charge in [-0.3, -0.25) is 9.80 Å². The quantitative estimate of drug-likeness (QED) is 0.767. The molecule has 7 heteroatoms. The van der Waals surface area contributed by atoms with Gasteiger partial charge in [0.15, 0.2) is 0 Å². The standard InChI is InChI=1S/C14H17BrN4O2/c1-18-6-10(19(2)14(18)16)11-8-5-7(15)3-4-9(8)17-12(11)13(20)21/h3-5,10,14,17H,6,16H2,1-2H3,(H,20,21). The van der Waals surface area contributed by atoms with E-state index in [1.807, 2.05) is 42.1 Å². The number of hydrogen-bond donors (Lipinski definition) is 3. The lowest BCUT2D eigenvalue weighted by Gasteiger charge is -2.23. The summed E-state index contributed by atoms with van der Waals surface area (Å²) in [7, 11) is 3.85. The van der Waals surface area contributed by atoms with E-state index < -0.39 is 5.97 Å². The predicted molar refractivity (Wildman–Crippen MR) is 84.1 cm³/mol. The van der Waals surface area contributed by atoms with Crippen molar-refractivity contribution in [2.24, 2.45) is 5.73 Å². The van der Waals surface area contributed by atoms with Crippen LogP contribution < -0.4 is 5.73 Å². The molecule has 112 valence electrons. The number of hydrogen-bond acceptors (Lipinski definition) is 4. The first-order valence-corrected chi connectivity index (χ1v) is 7.41. The minimum Gasteiger partial charge on any atom is -0.477 e. The van der Waals surface area contributed by atoms with Gasteiger partial charge in [-0.15, -0.1) is 0 Å². The number of nitrogens with one attached hydrogen (secondary N) is 1. The van der Waals surface area contributed by atoms with E-state index in [0.717, 1.165) is 20.9 Å². The Morgan fingerprint density at radius 1 is 1.48 bits per heavy atom. The number of aromatic carboxylic acids is 1. The van der Waals surface area contributed by atoms with Crippen LogP contribution in [0.5, 0.6) is 0 Å². The van der Waals surface area contributed by atoms with E-state index in [-0.39, 0.29) is 18.0 Å². The van der Waals surface area contributed by atoms with Crippen molar-refractivity contribution in [3.05, 3.63) is 33.9 Å². The molecule has 2 atom stereocenters. The minimum absolute atomic E-state index is 0.0563. The molecule has 0 aliphatic carbocycles. The van der Waals surface area contributed by atoms with Gasteiger partial charge in [0.05, 0.1) is 6.04 Å². The largest absolute Gasteiger partial charge is 0.477 e. The summed E-state index contributed by atoms with van der Waals surface area (Å²) < 4.78 is 0.922. The number of nitrogens with two attached hydrogens (primary N) is 1. The minimum atomic E-state index is -0.950. The molecule has 21 heavy (non-hydrogen) atoms. The summed E-state index contributed by atoms with van der Waals surface area (Å²) in [6, 6.07) is 5.67. The first-order chi connectivity index (χ1) is 9.90. The molecule has 6 nitrogen and oxygen atoms in total. The molecule has 2 unspecified atom stereocenters. The fraction of sp³-hybridized carbons (Fsp3) is 0.357. The highest BCUT2D eigenvalue weighted by Gasteiger charge is 2.37. The second-order valence-electron chi connectivity index (χ2n) is 5.44. The topological polar surface area (TPSA) is 85.6 Å². The number of carbonyl (C=O) groups is 1. The molecule has 1 aromatic carbocycles. The summed E-state index contributed by atoms with van der Waals surface area (Å²) in [6.45, 7) is 0.692. The van der Waals surface area contributed by atoms with E-state index in [4.69, 9.17) is 5.73 Å². The first-order valence-electron chi connectivity index (χ1n) is 6.62. The SMILES string of the molecule is CN1CC(c2c(C(=O)O)[nH]c3ccc(Br)cc23)N(C)C1N. The van der Waals surface area contributed by atoms with Crippen LogP contribution in [0.25, 0.3) is 10.9 Å². The van der Waals surface area contributed by atoms with Crippen LogP contribution in [-0.4, -0.2) is 52.8 Å². The highest BCUT2D eigenvalue weighted by Crippen LogP contribution is 2.36. The van der Waals surface area contributed by atoms with Crippen molar-refractivity contribution in [1.82, 2.24) is 14.8 Å². The van der Waals surface area contributed by atoms with Crippen LogP contribution in [0.2, 0.25) is 0 Å². The Morgan fingerprint density at radius 2 is 2.19 bits per heavy atom. The van der Waals surface area contributed by atoms with Crippen LogP contribution in [0.15, 0.2) is 22.7 Å². The number of nitrogens with zero attached hydrogens (tertiary/aromatic N) is 2. The third-order valence-corrected chi connectivity index (χ3v) is 4.66. The van der Waals surface area contributed by atoms with Gasteiger partial charge in [0.1, 0.15) is 12.0 Å². The molecule has 2 aromatic rings. The van der Waals surface area contributed by atoms with E-state index in [1.54, 1.807) is 0 Å². The van der Waals surface area contributed by atoms with Crippen LogP contribution in [0.1, 0.15) is 22.1 Å². The Bertz CT molecular complexity index is 714. The Hall–Kier alpha value is -1.41. The summed E-state index contributed by atoms with van der Waals surface area (Å²) in [5.41, 5.74) is 7.96. The van der Waals surface area contributed by atoms with Crippen LogP contribution in [0, 0.1) is 0 Å². The summed E-state index contributed by atoms with van der Waals surface area (Å²) in [4.78, 5) is 18.6. The lowest BCUT2D eigenvalue weighted by atomic mass is 10.0. The van der Waals surface area contributed by atoms with Crippen molar-refractivity contribution < 1.29 is 9.90 Å². The molecule has 0 amide bonds. The third-order valence-electron chi connectivity index (χ3n) is 4.17. The molecule has 1 saturated heterocycles. The van der Waals surface area contributed by atoms with Gasteiger partial charge >= 0.3 is 5.97 Å². The Kier molecular flexibility index (Phi) is 3.53. The lowest BCUT2D eigenvalue weighted by Crippen LogP contribution is -2.42. The van der Waals surface area contributed by atoms with Gasteiger partial charge in [-0.05, 0) is 32.3 Å². The molecule has 0 bridgehead atoms. The van der Waals surface area contributed by atoms with Crippen molar-refractivity contribution >= 4 is 32.8 Å². The van der Waals surface area contributed by atoms with E-state index in [2.05, 4.69) is 20.9 Å². The van der Waals surface area contributed by atoms with Crippen molar-refractivity contribution in [1.29, 1.82) is 0 Å². The number of carboxylic acids is 1. The number of H-pyrrole nitrogens is 1. The second kappa shape index (κ2) is 5.10. The van der Waals surface area contributed by atoms with Crippen LogP contribution in [0.4, 0.5) is 0 Å². The maximum absolute atomic E-state index is 11.6. The molecule has 1 aliphatic rings. The summed E-state index contributed by atoms with van der Waals surface area (Å²) in [5.74, 6) is -0.950. The molecule has 0 saturated carbocycles. The number of aromatic amines is 1. The maximum Gasteiger partial charge on any atom is 0.352 e. The monoisotopic (exact) mass is 352 g/mol. The van der Waals surface area contributed by atoms with Crippen LogP contribution in [-0.2, 0) is 0 Å². The highest BCUT2D eigenvalue weighted by molar-refractivity contribution is 9.10. The third kappa shape index (κ3) is 2.26. The van der Waals surface area contributed by atoms with Crippen molar-refractivity contribution in [3.63, 3.8) is 0 Å². The number of likely N-dealkylation sites (N-methyl/N-ethyl adjacent to an activating group) is 2. The summed E-state index contributed by atoms with van der Waals surface area (Å²) >= 11 is 3.45. The van der Waals surface area contributed by atoms with Gasteiger partial charge in [0.25, 0.3) is 0 Å². The number of fused-ring (bicyclic) bond motifs is 1. The number of benzene rings is 1. The van der Waals surface area contributed by atoms with E-state index in [9.17, 15) is 9.90 Å². The average Bonchev–Trinajstić information content (AvgIpc) is 2.91. The fourth-order valence-electron chi connectivity index (χ4n) is 3.00. The number of halogens is 1. The van der Waals surface area contributed by atoms with Crippen molar-refractivity contribution in [3.8, 4) is 0 Å². The van der Waals surface area contributed by atoms with E-state index >= 15 is 0 Å². The molecule has 1 fully saturated rings. The zero-order chi connectivity index (χ0) is 15.3. The molecular formula is C14H17BrN4O2. The van der Waals surface area contributed by atoms with Crippen molar-refractivity contribution in [2.45, 2.75) is 12.3 Å². The van der Waals surface area contributed by atoms with Gasteiger partial charge in [-0.2, -0.15) is 0 Å². The summed E-state index contributed by atoms with van der Waals surface area (Å²) in [5, 5.41) is 10.4. The van der Waals surface area contributed by atoms with Gasteiger partial charge < -0.3 is 15.8 Å². The Balaban J connectivity index is 2.22. The normalized spacial score (nSPS) is 24.0. The zero-order valence-corrected chi connectivity index (χ0v) is 13.4.